The number of carbonyl (C=O) groups excluding carboxylic acids is 1. The molecule has 0 heterocycles. The summed E-state index contributed by atoms with van der Waals surface area (Å²) >= 11 is 7.38. The van der Waals surface area contributed by atoms with Gasteiger partial charge in [-0.15, -0.1) is 12.6 Å². The van der Waals surface area contributed by atoms with Crippen molar-refractivity contribution in [3.63, 3.8) is 0 Å². The first-order valence-electron chi connectivity index (χ1n) is 5.54. The van der Waals surface area contributed by atoms with Crippen molar-refractivity contribution in [2.24, 2.45) is 0 Å². The fourth-order valence-electron chi connectivity index (χ4n) is 1.59. The zero-order chi connectivity index (χ0) is 14.0. The van der Waals surface area contributed by atoms with Crippen LogP contribution in [0.4, 0.5) is 10.1 Å². The molecule has 0 radical (unpaired) electrons. The van der Waals surface area contributed by atoms with Gasteiger partial charge in [0.2, 0.25) is 0 Å². The Labute approximate surface area is 124 Å². The van der Waals surface area contributed by atoms with Crippen LogP contribution in [-0.2, 0) is 0 Å². The van der Waals surface area contributed by atoms with Crippen LogP contribution in [0.2, 0.25) is 0 Å². The molecule has 0 fully saturated rings. The van der Waals surface area contributed by atoms with E-state index >= 15 is 0 Å². The highest BCUT2D eigenvalue weighted by atomic mass is 79.9. The summed E-state index contributed by atoms with van der Waals surface area (Å²) < 4.78 is 13.9. The van der Waals surface area contributed by atoms with Crippen LogP contribution in [0.3, 0.4) is 0 Å². The predicted molar refractivity (Wildman–Crippen MR) is 80.5 cm³/mol. The molecule has 0 bridgehead atoms. The van der Waals surface area contributed by atoms with Gasteiger partial charge in [0.1, 0.15) is 5.82 Å². The van der Waals surface area contributed by atoms with E-state index in [2.05, 4.69) is 33.9 Å². The van der Waals surface area contributed by atoms with Gasteiger partial charge in [-0.3, -0.25) is 4.79 Å². The molecular weight excluding hydrogens is 329 g/mol. The van der Waals surface area contributed by atoms with Gasteiger partial charge in [0.05, 0.1) is 5.69 Å². The van der Waals surface area contributed by atoms with E-state index in [1.165, 1.54) is 18.2 Å². The van der Waals surface area contributed by atoms with E-state index in [4.69, 9.17) is 0 Å². The smallest absolute Gasteiger partial charge is 0.255 e. The number of hydrogen-bond acceptors (Lipinski definition) is 2. The zero-order valence-corrected chi connectivity index (χ0v) is 12.6. The Morgan fingerprint density at radius 1 is 1.32 bits per heavy atom. The topological polar surface area (TPSA) is 29.1 Å². The predicted octanol–water partition coefficient (Wildman–Crippen LogP) is 4.44. The molecule has 19 heavy (non-hydrogen) atoms. The number of thiol groups is 1. The quantitative estimate of drug-likeness (QED) is 0.778. The summed E-state index contributed by atoms with van der Waals surface area (Å²) in [5, 5.41) is 2.77. The third-order valence-corrected chi connectivity index (χ3v) is 4.04. The highest BCUT2D eigenvalue weighted by Crippen LogP contribution is 2.26. The molecule has 98 valence electrons. The molecule has 5 heteroatoms. The van der Waals surface area contributed by atoms with Crippen molar-refractivity contribution in [1.82, 2.24) is 0 Å². The third-order valence-electron chi connectivity index (χ3n) is 2.65. The van der Waals surface area contributed by atoms with Crippen molar-refractivity contribution in [3.05, 3.63) is 57.8 Å². The first-order valence-corrected chi connectivity index (χ1v) is 6.78. The molecule has 0 aliphatic rings. The standard InChI is InChI=1S/C14H11BrFNOS/c1-8-3-2-4-11(13(8)15)17-14(18)9-5-6-10(16)12(19)7-9/h2-7,19H,1H3,(H,17,18). The Balaban J connectivity index is 2.26. The lowest BCUT2D eigenvalue weighted by Crippen LogP contribution is -2.12. The number of nitrogens with one attached hydrogen (secondary N) is 1. The van der Waals surface area contributed by atoms with Crippen LogP contribution in [0.1, 0.15) is 15.9 Å². The number of aryl methyl sites for hydroxylation is 1. The molecule has 0 aliphatic carbocycles. The Kier molecular flexibility index (Phi) is 4.27. The molecule has 0 atom stereocenters. The van der Waals surface area contributed by atoms with E-state index in [1.807, 2.05) is 19.1 Å². The Morgan fingerprint density at radius 2 is 2.05 bits per heavy atom. The van der Waals surface area contributed by atoms with E-state index in [0.29, 0.717) is 11.3 Å². The maximum absolute atomic E-state index is 13.1. The largest absolute Gasteiger partial charge is 0.321 e. The van der Waals surface area contributed by atoms with Crippen molar-refractivity contribution >= 4 is 40.2 Å². The summed E-state index contributed by atoms with van der Waals surface area (Å²) in [6, 6.07) is 9.63. The zero-order valence-electron chi connectivity index (χ0n) is 10.1. The Hall–Kier alpha value is -1.33. The summed E-state index contributed by atoms with van der Waals surface area (Å²) in [5.41, 5.74) is 2.06. The molecule has 1 amide bonds. The number of amides is 1. The lowest BCUT2D eigenvalue weighted by molar-refractivity contribution is 0.102. The van der Waals surface area contributed by atoms with E-state index in [9.17, 15) is 9.18 Å². The molecule has 2 nitrogen and oxygen atoms in total. The monoisotopic (exact) mass is 339 g/mol. The molecule has 2 aromatic rings. The van der Waals surface area contributed by atoms with Crippen LogP contribution in [-0.4, -0.2) is 5.91 Å². The van der Waals surface area contributed by atoms with Crippen LogP contribution in [0.15, 0.2) is 45.8 Å². The first kappa shape index (κ1) is 14.1. The van der Waals surface area contributed by atoms with Crippen LogP contribution in [0, 0.1) is 12.7 Å². The van der Waals surface area contributed by atoms with Gasteiger partial charge >= 0.3 is 0 Å². The number of halogens is 2. The number of hydrogen-bond donors (Lipinski definition) is 2. The molecule has 0 spiro atoms. The molecule has 0 unspecified atom stereocenters. The SMILES string of the molecule is Cc1cccc(NC(=O)c2ccc(F)c(S)c2)c1Br. The molecular formula is C14H11BrFNOS. The minimum atomic E-state index is -0.448. The molecule has 2 aromatic carbocycles. The van der Waals surface area contributed by atoms with Crippen molar-refractivity contribution in [3.8, 4) is 0 Å². The van der Waals surface area contributed by atoms with Gasteiger partial charge in [0, 0.05) is 14.9 Å². The lowest BCUT2D eigenvalue weighted by Gasteiger charge is -2.09. The number of anilines is 1. The summed E-state index contributed by atoms with van der Waals surface area (Å²) in [6.07, 6.45) is 0. The van der Waals surface area contributed by atoms with Gasteiger partial charge in [-0.25, -0.2) is 4.39 Å². The van der Waals surface area contributed by atoms with E-state index in [0.717, 1.165) is 10.0 Å². The molecule has 0 aromatic heterocycles. The van der Waals surface area contributed by atoms with Gasteiger partial charge in [-0.1, -0.05) is 12.1 Å². The van der Waals surface area contributed by atoms with Gasteiger partial charge in [0.25, 0.3) is 5.91 Å². The maximum atomic E-state index is 13.1. The number of benzene rings is 2. The second-order valence-electron chi connectivity index (χ2n) is 4.06. The third kappa shape index (κ3) is 3.16. The van der Waals surface area contributed by atoms with Crippen molar-refractivity contribution in [1.29, 1.82) is 0 Å². The second-order valence-corrected chi connectivity index (χ2v) is 5.33. The molecule has 0 saturated heterocycles. The summed E-state index contributed by atoms with van der Waals surface area (Å²) in [7, 11) is 0. The summed E-state index contributed by atoms with van der Waals surface area (Å²) in [6.45, 7) is 1.93. The average Bonchev–Trinajstić information content (AvgIpc) is 2.38. The Morgan fingerprint density at radius 3 is 2.74 bits per heavy atom. The minimum absolute atomic E-state index is 0.149. The van der Waals surface area contributed by atoms with Crippen molar-refractivity contribution in [2.45, 2.75) is 11.8 Å². The van der Waals surface area contributed by atoms with Crippen LogP contribution >= 0.6 is 28.6 Å². The minimum Gasteiger partial charge on any atom is -0.321 e. The normalized spacial score (nSPS) is 10.3. The first-order chi connectivity index (χ1) is 8.99. The molecule has 2 rings (SSSR count). The number of rotatable bonds is 2. The number of carbonyl (C=O) groups is 1. The van der Waals surface area contributed by atoms with E-state index in [1.54, 1.807) is 6.07 Å². The van der Waals surface area contributed by atoms with E-state index < -0.39 is 5.82 Å². The Bertz CT molecular complexity index is 645. The van der Waals surface area contributed by atoms with Crippen molar-refractivity contribution in [2.75, 3.05) is 5.32 Å². The summed E-state index contributed by atoms with van der Waals surface area (Å²) in [5.74, 6) is -0.752. The van der Waals surface area contributed by atoms with Crippen molar-refractivity contribution < 1.29 is 9.18 Å². The molecule has 1 N–H and O–H groups in total. The fourth-order valence-corrected chi connectivity index (χ4v) is 2.17. The highest BCUT2D eigenvalue weighted by molar-refractivity contribution is 9.10. The van der Waals surface area contributed by atoms with E-state index in [-0.39, 0.29) is 10.8 Å². The average molecular weight is 340 g/mol. The highest BCUT2D eigenvalue weighted by Gasteiger charge is 2.10. The maximum Gasteiger partial charge on any atom is 0.255 e. The van der Waals surface area contributed by atoms with Gasteiger partial charge in [-0.2, -0.15) is 0 Å². The van der Waals surface area contributed by atoms with Crippen LogP contribution in [0.25, 0.3) is 0 Å². The fraction of sp³-hybridized carbons (Fsp3) is 0.0714. The van der Waals surface area contributed by atoms with Crippen LogP contribution < -0.4 is 5.32 Å². The lowest BCUT2D eigenvalue weighted by atomic mass is 10.2. The van der Waals surface area contributed by atoms with Gasteiger partial charge in [-0.05, 0) is 52.7 Å². The van der Waals surface area contributed by atoms with Gasteiger partial charge in [0.15, 0.2) is 0 Å². The molecule has 0 saturated carbocycles. The summed E-state index contributed by atoms with van der Waals surface area (Å²) in [4.78, 5) is 12.2. The second kappa shape index (κ2) is 5.75. The molecule has 0 aliphatic heterocycles. The van der Waals surface area contributed by atoms with Gasteiger partial charge < -0.3 is 5.32 Å². The van der Waals surface area contributed by atoms with Crippen LogP contribution in [0.5, 0.6) is 0 Å².